The smallest absolute Gasteiger partial charge is 0.0506 e. The summed E-state index contributed by atoms with van der Waals surface area (Å²) >= 11 is 0. The zero-order chi connectivity index (χ0) is 12.1. The Bertz CT molecular complexity index is 348. The zero-order valence-electron chi connectivity index (χ0n) is 10.9. The third-order valence-electron chi connectivity index (χ3n) is 3.24. The van der Waals surface area contributed by atoms with Crippen LogP contribution in [0.5, 0.6) is 0 Å². The van der Waals surface area contributed by atoms with Gasteiger partial charge < -0.3 is 9.64 Å². The van der Waals surface area contributed by atoms with Crippen molar-refractivity contribution in [3.05, 3.63) is 29.6 Å². The van der Waals surface area contributed by atoms with E-state index in [0.717, 1.165) is 32.0 Å². The van der Waals surface area contributed by atoms with Gasteiger partial charge in [0.2, 0.25) is 0 Å². The summed E-state index contributed by atoms with van der Waals surface area (Å²) in [6.07, 6.45) is 4.41. The molecule has 17 heavy (non-hydrogen) atoms. The summed E-state index contributed by atoms with van der Waals surface area (Å²) in [6.45, 7) is 6.04. The average Bonchev–Trinajstić information content (AvgIpc) is 2.30. The maximum absolute atomic E-state index is 5.52. The van der Waals surface area contributed by atoms with Gasteiger partial charge in [0.1, 0.15) is 0 Å². The summed E-state index contributed by atoms with van der Waals surface area (Å²) in [7, 11) is 2.18. The molecule has 0 spiro atoms. The fourth-order valence-corrected chi connectivity index (χ4v) is 2.47. The lowest BCUT2D eigenvalue weighted by atomic mass is 10.0. The number of pyridine rings is 1. The molecule has 3 nitrogen and oxygen atoms in total. The fraction of sp³-hybridized carbons (Fsp3) is 0.643. The molecule has 0 radical (unpaired) electrons. The summed E-state index contributed by atoms with van der Waals surface area (Å²) in [5.41, 5.74) is 2.44. The summed E-state index contributed by atoms with van der Waals surface area (Å²) in [5.74, 6) is 0.705. The number of hydrogen-bond acceptors (Lipinski definition) is 3. The summed E-state index contributed by atoms with van der Waals surface area (Å²) < 4.78 is 5.52. The van der Waals surface area contributed by atoms with E-state index in [1.165, 1.54) is 18.4 Å². The summed E-state index contributed by atoms with van der Waals surface area (Å²) in [6, 6.07) is 4.26. The second kappa shape index (κ2) is 6.12. The Balaban J connectivity index is 1.82. The van der Waals surface area contributed by atoms with Crippen molar-refractivity contribution >= 4 is 0 Å². The first-order valence-corrected chi connectivity index (χ1v) is 6.42. The van der Waals surface area contributed by atoms with E-state index in [2.05, 4.69) is 29.1 Å². The standard InChI is InChI=1S/C14H22N2O/c1-12-8-13(5-6-15-12)9-16(2)10-14-4-3-7-17-11-14/h5-6,8,14H,3-4,7,9-11H2,1-2H3. The van der Waals surface area contributed by atoms with Crippen LogP contribution in [0.3, 0.4) is 0 Å². The number of hydrogen-bond donors (Lipinski definition) is 0. The predicted molar refractivity (Wildman–Crippen MR) is 68.9 cm³/mol. The van der Waals surface area contributed by atoms with E-state index in [1.807, 2.05) is 13.1 Å². The van der Waals surface area contributed by atoms with Gasteiger partial charge in [0.05, 0.1) is 6.61 Å². The molecule has 1 aromatic rings. The Labute approximate surface area is 104 Å². The third kappa shape index (κ3) is 4.10. The third-order valence-corrected chi connectivity index (χ3v) is 3.24. The minimum atomic E-state index is 0.705. The van der Waals surface area contributed by atoms with Gasteiger partial charge in [0.25, 0.3) is 0 Å². The molecule has 0 aromatic carbocycles. The van der Waals surface area contributed by atoms with Crippen molar-refractivity contribution in [2.45, 2.75) is 26.3 Å². The van der Waals surface area contributed by atoms with E-state index in [-0.39, 0.29) is 0 Å². The summed E-state index contributed by atoms with van der Waals surface area (Å²) in [4.78, 5) is 6.61. The van der Waals surface area contributed by atoms with Crippen molar-refractivity contribution in [2.75, 3.05) is 26.8 Å². The van der Waals surface area contributed by atoms with Crippen molar-refractivity contribution < 1.29 is 4.74 Å². The molecule has 1 unspecified atom stereocenters. The van der Waals surface area contributed by atoms with E-state index >= 15 is 0 Å². The van der Waals surface area contributed by atoms with E-state index in [9.17, 15) is 0 Å². The molecule has 1 aromatic heterocycles. The van der Waals surface area contributed by atoms with Crippen LogP contribution in [0.1, 0.15) is 24.1 Å². The van der Waals surface area contributed by atoms with Crippen LogP contribution in [-0.4, -0.2) is 36.7 Å². The SMILES string of the molecule is Cc1cc(CN(C)CC2CCCOC2)ccn1. The Morgan fingerprint density at radius 2 is 2.41 bits per heavy atom. The lowest BCUT2D eigenvalue weighted by molar-refractivity contribution is 0.0411. The first kappa shape index (κ1) is 12.5. The second-order valence-corrected chi connectivity index (χ2v) is 5.09. The number of aryl methyl sites for hydroxylation is 1. The molecule has 1 atom stereocenters. The van der Waals surface area contributed by atoms with Crippen LogP contribution in [0.2, 0.25) is 0 Å². The normalized spacial score (nSPS) is 20.8. The zero-order valence-corrected chi connectivity index (χ0v) is 10.9. The Kier molecular flexibility index (Phi) is 4.51. The first-order valence-electron chi connectivity index (χ1n) is 6.42. The van der Waals surface area contributed by atoms with Crippen molar-refractivity contribution in [1.82, 2.24) is 9.88 Å². The number of rotatable bonds is 4. The van der Waals surface area contributed by atoms with Gasteiger partial charge in [-0.05, 0) is 50.4 Å². The van der Waals surface area contributed by atoms with Crippen molar-refractivity contribution in [3.8, 4) is 0 Å². The highest BCUT2D eigenvalue weighted by Crippen LogP contribution is 2.15. The lowest BCUT2D eigenvalue weighted by Crippen LogP contribution is -2.30. The van der Waals surface area contributed by atoms with Gasteiger partial charge in [0.15, 0.2) is 0 Å². The minimum Gasteiger partial charge on any atom is -0.381 e. The van der Waals surface area contributed by atoms with Gasteiger partial charge in [0, 0.05) is 31.6 Å². The van der Waals surface area contributed by atoms with Crippen LogP contribution in [0, 0.1) is 12.8 Å². The van der Waals surface area contributed by atoms with Crippen LogP contribution >= 0.6 is 0 Å². The van der Waals surface area contributed by atoms with Gasteiger partial charge in [-0.15, -0.1) is 0 Å². The van der Waals surface area contributed by atoms with Gasteiger partial charge in [-0.3, -0.25) is 4.98 Å². The second-order valence-electron chi connectivity index (χ2n) is 5.09. The van der Waals surface area contributed by atoms with Gasteiger partial charge >= 0.3 is 0 Å². The van der Waals surface area contributed by atoms with E-state index in [4.69, 9.17) is 4.74 Å². The lowest BCUT2D eigenvalue weighted by Gasteiger charge is -2.27. The highest BCUT2D eigenvalue weighted by molar-refractivity contribution is 5.15. The average molecular weight is 234 g/mol. The van der Waals surface area contributed by atoms with Crippen LogP contribution in [-0.2, 0) is 11.3 Å². The number of ether oxygens (including phenoxy) is 1. The van der Waals surface area contributed by atoms with E-state index in [1.54, 1.807) is 0 Å². The van der Waals surface area contributed by atoms with Crippen molar-refractivity contribution in [2.24, 2.45) is 5.92 Å². The van der Waals surface area contributed by atoms with Crippen LogP contribution in [0.4, 0.5) is 0 Å². The molecular formula is C14H22N2O. The molecule has 1 aliphatic rings. The molecule has 2 heterocycles. The maximum Gasteiger partial charge on any atom is 0.0506 e. The molecule has 0 bridgehead atoms. The number of nitrogens with zero attached hydrogens (tertiary/aromatic N) is 2. The molecule has 0 amide bonds. The van der Waals surface area contributed by atoms with Crippen LogP contribution in [0.15, 0.2) is 18.3 Å². The molecule has 94 valence electrons. The Hall–Kier alpha value is -0.930. The van der Waals surface area contributed by atoms with Crippen molar-refractivity contribution in [1.29, 1.82) is 0 Å². The maximum atomic E-state index is 5.52. The molecule has 1 saturated heterocycles. The quantitative estimate of drug-likeness (QED) is 0.799. The topological polar surface area (TPSA) is 25.4 Å². The molecule has 0 aliphatic carbocycles. The Morgan fingerprint density at radius 1 is 1.53 bits per heavy atom. The molecule has 2 rings (SSSR count). The molecule has 1 aliphatic heterocycles. The molecule has 0 N–H and O–H groups in total. The predicted octanol–water partition coefficient (Wildman–Crippen LogP) is 2.25. The Morgan fingerprint density at radius 3 is 3.12 bits per heavy atom. The van der Waals surface area contributed by atoms with Gasteiger partial charge in [-0.25, -0.2) is 0 Å². The highest BCUT2D eigenvalue weighted by Gasteiger charge is 2.15. The van der Waals surface area contributed by atoms with Gasteiger partial charge in [-0.1, -0.05) is 0 Å². The van der Waals surface area contributed by atoms with E-state index < -0.39 is 0 Å². The van der Waals surface area contributed by atoms with E-state index in [0.29, 0.717) is 5.92 Å². The summed E-state index contributed by atoms with van der Waals surface area (Å²) in [5, 5.41) is 0. The molecular weight excluding hydrogens is 212 g/mol. The molecule has 0 saturated carbocycles. The largest absolute Gasteiger partial charge is 0.381 e. The first-order chi connectivity index (χ1) is 8.24. The molecule has 1 fully saturated rings. The van der Waals surface area contributed by atoms with Gasteiger partial charge in [-0.2, -0.15) is 0 Å². The highest BCUT2D eigenvalue weighted by atomic mass is 16.5. The fourth-order valence-electron chi connectivity index (χ4n) is 2.47. The minimum absolute atomic E-state index is 0.705. The van der Waals surface area contributed by atoms with Crippen LogP contribution < -0.4 is 0 Å². The number of aromatic nitrogens is 1. The molecule has 3 heteroatoms. The van der Waals surface area contributed by atoms with Crippen molar-refractivity contribution in [3.63, 3.8) is 0 Å². The monoisotopic (exact) mass is 234 g/mol. The van der Waals surface area contributed by atoms with Crippen LogP contribution in [0.25, 0.3) is 0 Å².